The fraction of sp³-hybridized carbons (Fsp3) is 0.500. The molecule has 0 spiro atoms. The second-order valence-corrected chi connectivity index (χ2v) is 12.2. The lowest BCUT2D eigenvalue weighted by molar-refractivity contribution is -0.141. The maximum absolute atomic E-state index is 13.5. The number of aryl methyl sites for hydroxylation is 1. The Hall–Kier alpha value is -2.78. The Morgan fingerprint density at radius 1 is 1.16 bits per heavy atom. The van der Waals surface area contributed by atoms with Crippen molar-refractivity contribution < 1.29 is 22.7 Å². The molecule has 1 saturated carbocycles. The molecule has 0 aromatic heterocycles. The van der Waals surface area contributed by atoms with Crippen molar-refractivity contribution in [1.29, 1.82) is 0 Å². The predicted molar refractivity (Wildman–Crippen MR) is 151 cm³/mol. The van der Waals surface area contributed by atoms with Crippen LogP contribution in [0.5, 0.6) is 5.75 Å². The molecule has 2 aromatic rings. The minimum absolute atomic E-state index is 0.0861. The highest BCUT2D eigenvalue weighted by Crippen LogP contribution is 2.30. The number of benzene rings is 2. The van der Waals surface area contributed by atoms with Gasteiger partial charge in [0.05, 0.1) is 24.1 Å². The van der Waals surface area contributed by atoms with Crippen LogP contribution in [-0.2, 0) is 26.2 Å². The van der Waals surface area contributed by atoms with Crippen molar-refractivity contribution in [3.8, 4) is 5.75 Å². The molecule has 0 aliphatic heterocycles. The summed E-state index contributed by atoms with van der Waals surface area (Å²) in [5.41, 5.74) is 2.40. The number of anilines is 1. The van der Waals surface area contributed by atoms with Crippen LogP contribution in [0.3, 0.4) is 0 Å². The van der Waals surface area contributed by atoms with Crippen molar-refractivity contribution in [1.82, 2.24) is 10.2 Å². The minimum atomic E-state index is -3.63. The second-order valence-electron chi connectivity index (χ2n) is 9.87. The average Bonchev–Trinajstić information content (AvgIpc) is 3.38. The van der Waals surface area contributed by atoms with Crippen molar-refractivity contribution in [2.24, 2.45) is 0 Å². The molecule has 8 nitrogen and oxygen atoms in total. The van der Waals surface area contributed by atoms with Gasteiger partial charge in [-0.3, -0.25) is 13.9 Å². The van der Waals surface area contributed by atoms with E-state index in [1.54, 1.807) is 24.0 Å². The number of nitrogens with zero attached hydrogens (tertiary/aromatic N) is 2. The van der Waals surface area contributed by atoms with Gasteiger partial charge in [-0.25, -0.2) is 8.42 Å². The van der Waals surface area contributed by atoms with Crippen LogP contribution in [0.15, 0.2) is 42.5 Å². The van der Waals surface area contributed by atoms with Crippen molar-refractivity contribution in [2.45, 2.75) is 71.0 Å². The van der Waals surface area contributed by atoms with Crippen LogP contribution < -0.4 is 14.4 Å². The monoisotopic (exact) mass is 563 g/mol. The van der Waals surface area contributed by atoms with E-state index in [0.29, 0.717) is 23.0 Å². The minimum Gasteiger partial charge on any atom is -0.495 e. The molecule has 3 rings (SSSR count). The van der Waals surface area contributed by atoms with Gasteiger partial charge in [-0.15, -0.1) is 0 Å². The Morgan fingerprint density at radius 2 is 1.84 bits per heavy atom. The van der Waals surface area contributed by atoms with Gasteiger partial charge < -0.3 is 15.0 Å². The van der Waals surface area contributed by atoms with Crippen LogP contribution in [0.25, 0.3) is 0 Å². The quantitative estimate of drug-likeness (QED) is 0.404. The third-order valence-corrected chi connectivity index (χ3v) is 8.54. The maximum atomic E-state index is 13.5. The first-order valence-corrected chi connectivity index (χ1v) is 15.2. The van der Waals surface area contributed by atoms with E-state index in [1.165, 1.54) is 17.5 Å². The lowest BCUT2D eigenvalue weighted by Gasteiger charge is -2.30. The van der Waals surface area contributed by atoms with E-state index in [2.05, 4.69) is 5.32 Å². The molecule has 1 unspecified atom stereocenters. The van der Waals surface area contributed by atoms with Crippen molar-refractivity contribution >= 4 is 39.1 Å². The Labute approximate surface area is 231 Å². The summed E-state index contributed by atoms with van der Waals surface area (Å²) in [5.74, 6) is 0.0729. The number of carbonyl (C=O) groups excluding carboxylic acids is 2. The molecule has 0 saturated heterocycles. The van der Waals surface area contributed by atoms with E-state index in [9.17, 15) is 18.0 Å². The Morgan fingerprint density at radius 3 is 2.45 bits per heavy atom. The van der Waals surface area contributed by atoms with Crippen LogP contribution in [0.1, 0.15) is 56.6 Å². The number of carbonyl (C=O) groups is 2. The van der Waals surface area contributed by atoms with Crippen LogP contribution in [0, 0.1) is 6.92 Å². The largest absolute Gasteiger partial charge is 0.495 e. The highest BCUT2D eigenvalue weighted by atomic mass is 35.5. The summed E-state index contributed by atoms with van der Waals surface area (Å²) in [4.78, 5) is 28.2. The number of hydrogen-bond donors (Lipinski definition) is 1. The zero-order valence-electron chi connectivity index (χ0n) is 22.6. The molecular weight excluding hydrogens is 526 g/mol. The summed E-state index contributed by atoms with van der Waals surface area (Å²) in [6.45, 7) is 4.12. The lowest BCUT2D eigenvalue weighted by Crippen LogP contribution is -2.49. The second kappa shape index (κ2) is 13.3. The van der Waals surface area contributed by atoms with Gasteiger partial charge in [0.1, 0.15) is 11.8 Å². The number of hydrogen-bond acceptors (Lipinski definition) is 5. The number of methoxy groups -OCH3 is 1. The fourth-order valence-corrected chi connectivity index (χ4v) is 5.97. The molecule has 1 aliphatic rings. The van der Waals surface area contributed by atoms with Crippen LogP contribution in [0.4, 0.5) is 5.69 Å². The van der Waals surface area contributed by atoms with E-state index in [1.807, 2.05) is 31.2 Å². The van der Waals surface area contributed by atoms with Crippen molar-refractivity contribution in [3.63, 3.8) is 0 Å². The smallest absolute Gasteiger partial charge is 0.242 e. The first kappa shape index (κ1) is 29.8. The first-order valence-electron chi connectivity index (χ1n) is 13.0. The van der Waals surface area contributed by atoms with Gasteiger partial charge in [-0.1, -0.05) is 48.7 Å². The van der Waals surface area contributed by atoms with Gasteiger partial charge >= 0.3 is 0 Å². The number of nitrogens with one attached hydrogen (secondary N) is 1. The van der Waals surface area contributed by atoms with E-state index < -0.39 is 16.1 Å². The number of amides is 2. The molecule has 208 valence electrons. The topological polar surface area (TPSA) is 96.0 Å². The van der Waals surface area contributed by atoms with E-state index in [-0.39, 0.29) is 37.2 Å². The Bertz CT molecular complexity index is 1230. The fourth-order valence-electron chi connectivity index (χ4n) is 4.76. The van der Waals surface area contributed by atoms with Crippen LogP contribution in [-0.4, -0.2) is 57.1 Å². The Balaban J connectivity index is 1.74. The van der Waals surface area contributed by atoms with Gasteiger partial charge in [0, 0.05) is 25.6 Å². The van der Waals surface area contributed by atoms with Gasteiger partial charge in [-0.2, -0.15) is 0 Å². The predicted octanol–water partition coefficient (Wildman–Crippen LogP) is 4.68. The summed E-state index contributed by atoms with van der Waals surface area (Å²) in [6, 6.07) is 12.0. The number of sulfonamides is 1. The van der Waals surface area contributed by atoms with Gasteiger partial charge in [-0.05, 0) is 62.4 Å². The number of ether oxygens (including phenoxy) is 1. The molecule has 38 heavy (non-hydrogen) atoms. The van der Waals surface area contributed by atoms with E-state index >= 15 is 0 Å². The SMILES string of the molecule is COc1ccc(N(CCCC(=O)N(Cc2ccccc2C)C(C)C(=O)NC2CCCC2)S(C)(=O)=O)cc1Cl. The molecule has 1 N–H and O–H groups in total. The lowest BCUT2D eigenvalue weighted by atomic mass is 10.1. The summed E-state index contributed by atoms with van der Waals surface area (Å²) in [7, 11) is -2.14. The summed E-state index contributed by atoms with van der Waals surface area (Å²) >= 11 is 6.22. The standard InChI is InChI=1S/C28H38ClN3O5S/c1-20-10-5-6-11-22(20)19-31(21(2)28(34)30-23-12-7-8-13-23)27(33)14-9-17-32(38(4,35)36)24-15-16-26(37-3)25(29)18-24/h5-6,10-11,15-16,18,21,23H,7-9,12-14,17,19H2,1-4H3,(H,30,34). The third kappa shape index (κ3) is 7.86. The molecule has 2 amide bonds. The zero-order chi connectivity index (χ0) is 27.9. The van der Waals surface area contributed by atoms with E-state index in [4.69, 9.17) is 16.3 Å². The zero-order valence-corrected chi connectivity index (χ0v) is 24.1. The molecule has 0 bridgehead atoms. The molecule has 2 aromatic carbocycles. The van der Waals surface area contributed by atoms with Gasteiger partial charge in [0.15, 0.2) is 0 Å². The highest BCUT2D eigenvalue weighted by molar-refractivity contribution is 7.92. The molecule has 1 fully saturated rings. The summed E-state index contributed by atoms with van der Waals surface area (Å²) in [5, 5.41) is 3.39. The maximum Gasteiger partial charge on any atom is 0.242 e. The number of halogens is 1. The molecule has 0 heterocycles. The van der Waals surface area contributed by atoms with Crippen LogP contribution >= 0.6 is 11.6 Å². The number of rotatable bonds is 12. The summed E-state index contributed by atoms with van der Waals surface area (Å²) < 4.78 is 31.5. The molecule has 1 aliphatic carbocycles. The van der Waals surface area contributed by atoms with Crippen molar-refractivity contribution in [3.05, 3.63) is 58.6 Å². The molecule has 1 atom stereocenters. The summed E-state index contributed by atoms with van der Waals surface area (Å²) in [6.07, 6.45) is 5.59. The first-order chi connectivity index (χ1) is 18.0. The van der Waals surface area contributed by atoms with Gasteiger partial charge in [0.2, 0.25) is 21.8 Å². The normalized spacial score (nSPS) is 14.7. The molecule has 10 heteroatoms. The third-order valence-electron chi connectivity index (χ3n) is 7.05. The Kier molecular flexibility index (Phi) is 10.4. The molecular formula is C28H38ClN3O5S. The highest BCUT2D eigenvalue weighted by Gasteiger charge is 2.29. The van der Waals surface area contributed by atoms with Gasteiger partial charge in [0.25, 0.3) is 0 Å². The van der Waals surface area contributed by atoms with Crippen LogP contribution in [0.2, 0.25) is 5.02 Å². The molecule has 0 radical (unpaired) electrons. The average molecular weight is 564 g/mol. The van der Waals surface area contributed by atoms with E-state index in [0.717, 1.165) is 43.1 Å². The van der Waals surface area contributed by atoms with Crippen molar-refractivity contribution in [2.75, 3.05) is 24.2 Å².